The maximum absolute atomic E-state index is 12.3. The van der Waals surface area contributed by atoms with Crippen LogP contribution in [0.4, 0.5) is 10.5 Å². The number of nitrogens with zero attached hydrogens (tertiary/aromatic N) is 1. The van der Waals surface area contributed by atoms with Crippen LogP contribution >= 0.6 is 22.6 Å². The summed E-state index contributed by atoms with van der Waals surface area (Å²) in [7, 11) is 0. The quantitative estimate of drug-likeness (QED) is 0.743. The average Bonchev–Trinajstić information content (AvgIpc) is 2.39. The first-order valence-corrected chi connectivity index (χ1v) is 7.69. The molecule has 114 valence electrons. The summed E-state index contributed by atoms with van der Waals surface area (Å²) < 4.78 is 6.38. The van der Waals surface area contributed by atoms with Crippen molar-refractivity contribution in [3.8, 4) is 0 Å². The monoisotopic (exact) mass is 404 g/mol. The van der Waals surface area contributed by atoms with Crippen molar-refractivity contribution in [2.24, 2.45) is 0 Å². The predicted octanol–water partition coefficient (Wildman–Crippen LogP) is 2.63. The molecule has 0 aliphatic carbocycles. The fourth-order valence-corrected chi connectivity index (χ4v) is 2.83. The van der Waals surface area contributed by atoms with Crippen molar-refractivity contribution in [2.75, 3.05) is 18.4 Å². The van der Waals surface area contributed by atoms with E-state index in [4.69, 9.17) is 4.74 Å². The molecule has 1 aliphatic heterocycles. The number of amides is 2. The van der Waals surface area contributed by atoms with Gasteiger partial charge in [-0.15, -0.1) is 0 Å². The predicted molar refractivity (Wildman–Crippen MR) is 86.7 cm³/mol. The molecule has 2 N–H and O–H groups in total. The van der Waals surface area contributed by atoms with Crippen LogP contribution in [0.15, 0.2) is 18.2 Å². The van der Waals surface area contributed by atoms with Crippen LogP contribution in [0, 0.1) is 3.57 Å². The molecule has 1 aliphatic rings. The van der Waals surface area contributed by atoms with Crippen LogP contribution in [-0.4, -0.2) is 47.3 Å². The number of ether oxygens (including phenoxy) is 1. The maximum atomic E-state index is 12.3. The Hall–Kier alpha value is -1.35. The Bertz CT molecular complexity index is 554. The second-order valence-corrected chi connectivity index (χ2v) is 6.33. The van der Waals surface area contributed by atoms with Gasteiger partial charge in [0, 0.05) is 16.7 Å². The minimum absolute atomic E-state index is 0.0323. The lowest BCUT2D eigenvalue weighted by molar-refractivity contribution is -0.0530. The topological polar surface area (TPSA) is 78.9 Å². The summed E-state index contributed by atoms with van der Waals surface area (Å²) in [6.07, 6.45) is -0.0645. The van der Waals surface area contributed by atoms with Gasteiger partial charge in [-0.25, -0.2) is 9.59 Å². The van der Waals surface area contributed by atoms with Crippen LogP contribution in [0.3, 0.4) is 0 Å². The molecule has 0 radical (unpaired) electrons. The molecular weight excluding hydrogens is 387 g/mol. The van der Waals surface area contributed by atoms with Crippen molar-refractivity contribution >= 4 is 40.3 Å². The van der Waals surface area contributed by atoms with E-state index in [1.165, 1.54) is 6.07 Å². The molecule has 21 heavy (non-hydrogen) atoms. The molecule has 0 aromatic heterocycles. The first-order chi connectivity index (χ1) is 9.86. The Morgan fingerprint density at radius 3 is 2.52 bits per heavy atom. The number of carbonyl (C=O) groups is 2. The van der Waals surface area contributed by atoms with Crippen LogP contribution in [0.25, 0.3) is 0 Å². The number of carboxylic acid groups (broad SMARTS) is 1. The number of benzene rings is 1. The lowest BCUT2D eigenvalue weighted by Crippen LogP contribution is -2.49. The Balaban J connectivity index is 2.14. The van der Waals surface area contributed by atoms with Gasteiger partial charge >= 0.3 is 12.0 Å². The molecule has 7 heteroatoms. The highest BCUT2D eigenvalue weighted by atomic mass is 127. The molecule has 1 heterocycles. The van der Waals surface area contributed by atoms with Crippen molar-refractivity contribution < 1.29 is 19.4 Å². The zero-order valence-corrected chi connectivity index (χ0v) is 14.0. The molecule has 1 fully saturated rings. The molecule has 0 saturated carbocycles. The minimum atomic E-state index is -1.06. The largest absolute Gasteiger partial charge is 0.478 e. The van der Waals surface area contributed by atoms with E-state index in [2.05, 4.69) is 5.32 Å². The van der Waals surface area contributed by atoms with E-state index >= 15 is 0 Å². The van der Waals surface area contributed by atoms with Gasteiger partial charge in [-0.3, -0.25) is 0 Å². The number of urea groups is 1. The van der Waals surface area contributed by atoms with Crippen molar-refractivity contribution in [2.45, 2.75) is 26.1 Å². The number of anilines is 1. The third kappa shape index (κ3) is 4.07. The molecule has 2 unspecified atom stereocenters. The number of aromatic carboxylic acids is 1. The number of morpholine rings is 1. The summed E-state index contributed by atoms with van der Waals surface area (Å²) in [6, 6.07) is 4.59. The number of hydrogen-bond donors (Lipinski definition) is 2. The fraction of sp³-hybridized carbons (Fsp3) is 0.429. The minimum Gasteiger partial charge on any atom is -0.478 e. The molecule has 0 bridgehead atoms. The molecule has 2 atom stereocenters. The summed E-state index contributed by atoms with van der Waals surface area (Å²) in [5.41, 5.74) is 0.393. The Kier molecular flexibility index (Phi) is 5.04. The summed E-state index contributed by atoms with van der Waals surface area (Å²) in [6.45, 7) is 4.79. The van der Waals surface area contributed by atoms with Crippen molar-refractivity contribution in [3.05, 3.63) is 27.3 Å². The first kappa shape index (κ1) is 16.0. The smallest absolute Gasteiger partial charge is 0.337 e. The lowest BCUT2D eigenvalue weighted by Gasteiger charge is -2.35. The van der Waals surface area contributed by atoms with Crippen LogP contribution < -0.4 is 5.32 Å². The SMILES string of the molecule is CC1CN(C(=O)Nc2ccc(I)cc2C(=O)O)CC(C)O1. The average molecular weight is 404 g/mol. The fourth-order valence-electron chi connectivity index (χ4n) is 2.34. The van der Waals surface area contributed by atoms with E-state index in [-0.39, 0.29) is 23.8 Å². The molecule has 1 saturated heterocycles. The van der Waals surface area contributed by atoms with Crippen LogP contribution in [0.5, 0.6) is 0 Å². The number of nitrogens with one attached hydrogen (secondary N) is 1. The Morgan fingerprint density at radius 1 is 1.33 bits per heavy atom. The molecule has 2 rings (SSSR count). The van der Waals surface area contributed by atoms with E-state index in [0.29, 0.717) is 18.8 Å². The number of halogens is 1. The normalized spacial score (nSPS) is 22.0. The summed E-state index contributed by atoms with van der Waals surface area (Å²) >= 11 is 2.03. The molecule has 1 aromatic rings. The molecule has 1 aromatic carbocycles. The van der Waals surface area contributed by atoms with Gasteiger partial charge < -0.3 is 20.1 Å². The summed E-state index contributed by atoms with van der Waals surface area (Å²) in [5, 5.41) is 11.9. The molecule has 6 nitrogen and oxygen atoms in total. The lowest BCUT2D eigenvalue weighted by atomic mass is 10.2. The number of hydrogen-bond acceptors (Lipinski definition) is 3. The van der Waals surface area contributed by atoms with E-state index < -0.39 is 5.97 Å². The number of rotatable bonds is 2. The number of carbonyl (C=O) groups excluding carboxylic acids is 1. The Labute approximate surface area is 136 Å². The summed E-state index contributed by atoms with van der Waals surface area (Å²) in [5.74, 6) is -1.06. The number of carboxylic acids is 1. The van der Waals surface area contributed by atoms with Gasteiger partial charge in [0.05, 0.1) is 23.5 Å². The van der Waals surface area contributed by atoms with Crippen molar-refractivity contribution in [1.82, 2.24) is 4.90 Å². The van der Waals surface area contributed by atoms with E-state index in [1.807, 2.05) is 36.4 Å². The van der Waals surface area contributed by atoms with Gasteiger partial charge in [0.2, 0.25) is 0 Å². The van der Waals surface area contributed by atoms with Gasteiger partial charge in [0.1, 0.15) is 0 Å². The first-order valence-electron chi connectivity index (χ1n) is 6.61. The highest BCUT2D eigenvalue weighted by Gasteiger charge is 2.26. The highest BCUT2D eigenvalue weighted by molar-refractivity contribution is 14.1. The zero-order chi connectivity index (χ0) is 15.6. The second kappa shape index (κ2) is 6.61. The standard InChI is InChI=1S/C14H17IN2O4/c1-8-6-17(7-9(2)21-8)14(20)16-12-4-3-10(15)5-11(12)13(18)19/h3-5,8-9H,6-7H2,1-2H3,(H,16,20)(H,18,19). The molecule has 0 spiro atoms. The van der Waals surface area contributed by atoms with Gasteiger partial charge in [-0.1, -0.05) is 0 Å². The van der Waals surface area contributed by atoms with Gasteiger partial charge in [-0.2, -0.15) is 0 Å². The summed E-state index contributed by atoms with van der Waals surface area (Å²) in [4.78, 5) is 25.2. The van der Waals surface area contributed by atoms with E-state index in [0.717, 1.165) is 3.57 Å². The Morgan fingerprint density at radius 2 is 1.95 bits per heavy atom. The van der Waals surface area contributed by atoms with Gasteiger partial charge in [-0.05, 0) is 54.6 Å². The molecular formula is C14H17IN2O4. The maximum Gasteiger partial charge on any atom is 0.337 e. The highest BCUT2D eigenvalue weighted by Crippen LogP contribution is 2.20. The third-order valence-corrected chi connectivity index (χ3v) is 3.83. The zero-order valence-electron chi connectivity index (χ0n) is 11.8. The second-order valence-electron chi connectivity index (χ2n) is 5.09. The van der Waals surface area contributed by atoms with Gasteiger partial charge in [0.15, 0.2) is 0 Å². The van der Waals surface area contributed by atoms with E-state index in [9.17, 15) is 14.7 Å². The van der Waals surface area contributed by atoms with Crippen molar-refractivity contribution in [3.63, 3.8) is 0 Å². The van der Waals surface area contributed by atoms with Crippen LogP contribution in [0.2, 0.25) is 0 Å². The van der Waals surface area contributed by atoms with Crippen LogP contribution in [0.1, 0.15) is 24.2 Å². The van der Waals surface area contributed by atoms with Gasteiger partial charge in [0.25, 0.3) is 0 Å². The van der Waals surface area contributed by atoms with Crippen molar-refractivity contribution in [1.29, 1.82) is 0 Å². The third-order valence-electron chi connectivity index (χ3n) is 3.16. The molecule has 2 amide bonds. The van der Waals surface area contributed by atoms with Crippen LogP contribution in [-0.2, 0) is 4.74 Å². The van der Waals surface area contributed by atoms with E-state index in [1.54, 1.807) is 17.0 Å².